The van der Waals surface area contributed by atoms with Crippen LogP contribution in [0.2, 0.25) is 0 Å². The fourth-order valence-corrected chi connectivity index (χ4v) is 15.0. The van der Waals surface area contributed by atoms with E-state index >= 15 is 0 Å². The molecule has 1 saturated carbocycles. The van der Waals surface area contributed by atoms with Gasteiger partial charge in [0.25, 0.3) is 0 Å². The van der Waals surface area contributed by atoms with Crippen molar-refractivity contribution < 1.29 is 17.1 Å². The molecule has 2 atom stereocenters. The van der Waals surface area contributed by atoms with E-state index in [1.807, 2.05) is 0 Å². The molecule has 2 rings (SSSR count). The maximum atomic E-state index is 2.44. The van der Waals surface area contributed by atoms with E-state index in [-0.39, 0.29) is 24.7 Å². The van der Waals surface area contributed by atoms with Crippen molar-refractivity contribution in [1.82, 2.24) is 0 Å². The van der Waals surface area contributed by atoms with Crippen molar-refractivity contribution in [2.45, 2.75) is 101 Å². The van der Waals surface area contributed by atoms with Gasteiger partial charge in [0.1, 0.15) is 0 Å². The van der Waals surface area contributed by atoms with Crippen LogP contribution >= 0.6 is 24.5 Å². The van der Waals surface area contributed by atoms with Crippen LogP contribution in [0.3, 0.4) is 0 Å². The van der Waals surface area contributed by atoms with Gasteiger partial charge in [0.2, 0.25) is 0 Å². The van der Waals surface area contributed by atoms with Crippen LogP contribution in [0.25, 0.3) is 0 Å². The van der Waals surface area contributed by atoms with Gasteiger partial charge in [0.15, 0.2) is 0 Å². The Morgan fingerprint density at radius 3 is 1.46 bits per heavy atom. The van der Waals surface area contributed by atoms with Crippen molar-refractivity contribution in [1.29, 1.82) is 0 Å². The van der Waals surface area contributed by atoms with Crippen LogP contribution in [0.4, 0.5) is 0 Å². The third-order valence-corrected chi connectivity index (χ3v) is 16.4. The third kappa shape index (κ3) is 8.06. The zero-order chi connectivity index (χ0) is 21.2. The van der Waals surface area contributed by atoms with Crippen LogP contribution in [0.15, 0.2) is 0 Å². The molecule has 4 heteroatoms. The topological polar surface area (TPSA) is 0 Å². The molecule has 1 heterocycles. The van der Waals surface area contributed by atoms with Gasteiger partial charge in [0.05, 0.1) is 0 Å². The maximum Gasteiger partial charge on any atom is 2.00 e. The van der Waals surface area contributed by atoms with Gasteiger partial charge in [-0.2, -0.15) is 0 Å². The SMILES string of the molecule is CCCCP1[P][C](C(C)(C)C)[P]C1C(C)(C)C.C[C]1[C](C)[C](C)[C](C)[C]1C.[Fe+2]. The summed E-state index contributed by atoms with van der Waals surface area (Å²) in [5.74, 6) is 7.34. The number of hydrogen-bond acceptors (Lipinski definition) is 0. The van der Waals surface area contributed by atoms with Crippen LogP contribution in [0.5, 0.6) is 0 Å². The minimum Gasteiger partial charge on any atom is -0.0667 e. The van der Waals surface area contributed by atoms with E-state index in [1.54, 1.807) is 22.3 Å². The van der Waals surface area contributed by atoms with E-state index in [4.69, 9.17) is 0 Å². The summed E-state index contributed by atoms with van der Waals surface area (Å²) in [7, 11) is 3.60. The van der Waals surface area contributed by atoms with E-state index < -0.39 is 0 Å². The number of unbranched alkanes of at least 4 members (excludes halogenated alkanes) is 1. The second-order valence-electron chi connectivity index (χ2n) is 10.2. The predicted octanol–water partition coefficient (Wildman–Crippen LogP) is 9.97. The van der Waals surface area contributed by atoms with E-state index in [2.05, 4.69) is 83.1 Å². The van der Waals surface area contributed by atoms with E-state index in [1.165, 1.54) is 48.6 Å². The molecule has 2 unspecified atom stereocenters. The molecule has 0 aromatic heterocycles. The standard InChI is InChI=1S/C14H28P3.C10H15.Fe/c1-8-9-10-17-12(14(5,6)7)15-11(16-17)13(2,3)4;1-6-7(2)9(4)10(5)8(6)3;/h12H,8-10H2,1-7H3;1-5H3;/q;;+2. The number of hydrogen-bond donors (Lipinski definition) is 0. The van der Waals surface area contributed by atoms with Crippen molar-refractivity contribution in [3.8, 4) is 0 Å². The van der Waals surface area contributed by atoms with Gasteiger partial charge < -0.3 is 0 Å². The van der Waals surface area contributed by atoms with Gasteiger partial charge in [-0.15, -0.1) is 0 Å². The van der Waals surface area contributed by atoms with Gasteiger partial charge in [-0.25, -0.2) is 0 Å². The summed E-state index contributed by atoms with van der Waals surface area (Å²) >= 11 is 0. The van der Waals surface area contributed by atoms with Crippen molar-refractivity contribution >= 4 is 24.5 Å². The molecule has 0 spiro atoms. The normalized spacial score (nSPS) is 28.7. The summed E-state index contributed by atoms with van der Waals surface area (Å²) in [4.78, 5) is 0. The van der Waals surface area contributed by atoms with Crippen LogP contribution < -0.4 is 0 Å². The minimum absolute atomic E-state index is 0. The Balaban J connectivity index is 0.000000567. The monoisotopic (exact) mass is 480 g/mol. The molecule has 0 nitrogen and oxygen atoms in total. The molecule has 0 N–H and O–H groups in total. The summed E-state index contributed by atoms with van der Waals surface area (Å²) in [6.45, 7) is 27.8. The zero-order valence-electron chi connectivity index (χ0n) is 20.4. The molecule has 2 aliphatic rings. The van der Waals surface area contributed by atoms with E-state index in [0.29, 0.717) is 10.8 Å². The first-order chi connectivity index (χ1) is 12.2. The predicted molar refractivity (Wildman–Crippen MR) is 131 cm³/mol. The molecule has 1 aliphatic heterocycles. The zero-order valence-corrected chi connectivity index (χ0v) is 24.2. The fraction of sp³-hybridized carbons (Fsp3) is 0.750. The molecular formula is C24H43FeP3+2. The fourth-order valence-electron chi connectivity index (χ4n) is 3.27. The summed E-state index contributed by atoms with van der Waals surface area (Å²) in [6, 6.07) is 0. The molecule has 0 aromatic rings. The third-order valence-electron chi connectivity index (χ3n) is 5.75. The van der Waals surface area contributed by atoms with Crippen LogP contribution in [0.1, 0.15) is 95.9 Å². The van der Waals surface area contributed by atoms with Crippen LogP contribution in [0, 0.1) is 45.8 Å². The van der Waals surface area contributed by atoms with Gasteiger partial charge in [-0.05, 0) is 61.3 Å². The molecule has 8 radical (unpaired) electrons. The Labute approximate surface area is 194 Å². The van der Waals surface area contributed by atoms with Crippen molar-refractivity contribution in [2.24, 2.45) is 10.8 Å². The van der Waals surface area contributed by atoms with E-state index in [0.717, 1.165) is 5.40 Å². The Hall–Kier alpha value is 1.81. The molecule has 28 heavy (non-hydrogen) atoms. The van der Waals surface area contributed by atoms with Crippen molar-refractivity contribution in [3.05, 3.63) is 35.0 Å². The van der Waals surface area contributed by atoms with E-state index in [9.17, 15) is 0 Å². The Morgan fingerprint density at radius 2 is 1.18 bits per heavy atom. The molecular weight excluding hydrogens is 437 g/mol. The number of rotatable bonds is 3. The Bertz CT molecular complexity index is 395. The average molecular weight is 480 g/mol. The maximum absolute atomic E-state index is 2.44. The second kappa shape index (κ2) is 12.2. The van der Waals surface area contributed by atoms with Gasteiger partial charge in [0, 0.05) is 10.8 Å². The molecule has 0 bridgehead atoms. The summed E-state index contributed by atoms with van der Waals surface area (Å²) < 4.78 is 0. The molecule has 160 valence electrons. The largest absolute Gasteiger partial charge is 2.00 e. The molecule has 1 aliphatic carbocycles. The van der Waals surface area contributed by atoms with Crippen molar-refractivity contribution in [2.75, 3.05) is 6.16 Å². The first-order valence-electron chi connectivity index (χ1n) is 10.5. The van der Waals surface area contributed by atoms with Gasteiger partial charge in [-0.3, -0.25) is 0 Å². The quantitative estimate of drug-likeness (QED) is 0.279. The first-order valence-corrected chi connectivity index (χ1v) is 14.6. The molecule has 0 aromatic carbocycles. The smallest absolute Gasteiger partial charge is 0.0667 e. The molecule has 0 amide bonds. The average Bonchev–Trinajstić information content (AvgIpc) is 3.07. The first kappa shape index (κ1) is 29.8. The van der Waals surface area contributed by atoms with Crippen molar-refractivity contribution in [3.63, 3.8) is 0 Å². The van der Waals surface area contributed by atoms with Gasteiger partial charge >= 0.3 is 17.1 Å². The Morgan fingerprint density at radius 1 is 0.786 bits per heavy atom. The Kier molecular flexibility index (Phi) is 12.9. The second-order valence-corrected chi connectivity index (χ2v) is 16.8. The summed E-state index contributed by atoms with van der Waals surface area (Å²) in [5.41, 5.74) is 0.900. The van der Waals surface area contributed by atoms with Gasteiger partial charge in [-0.1, -0.05) is 106 Å². The summed E-state index contributed by atoms with van der Waals surface area (Å²) in [6.07, 6.45) is 4.27. The summed E-state index contributed by atoms with van der Waals surface area (Å²) in [5, 5.41) is 2.72. The van der Waals surface area contributed by atoms with Crippen LogP contribution in [-0.2, 0) is 17.1 Å². The van der Waals surface area contributed by atoms with Crippen LogP contribution in [-0.4, -0.2) is 11.6 Å². The molecule has 2 fully saturated rings. The molecule has 1 saturated heterocycles. The minimum atomic E-state index is 0.